The minimum atomic E-state index is -0.645. The van der Waals surface area contributed by atoms with E-state index in [1.54, 1.807) is 6.92 Å². The molecule has 0 radical (unpaired) electrons. The molecule has 0 aliphatic rings. The zero-order chi connectivity index (χ0) is 14.8. The first-order valence-electron chi connectivity index (χ1n) is 6.86. The number of hydrogen-bond acceptors (Lipinski definition) is 5. The van der Waals surface area contributed by atoms with Crippen LogP contribution in [0.4, 0.5) is 0 Å². The van der Waals surface area contributed by atoms with Gasteiger partial charge in [-0.15, -0.1) is 0 Å². The summed E-state index contributed by atoms with van der Waals surface area (Å²) in [5.41, 5.74) is 11.2. The molecule has 0 aromatic heterocycles. The van der Waals surface area contributed by atoms with Crippen LogP contribution in [0.3, 0.4) is 0 Å². The van der Waals surface area contributed by atoms with Crippen LogP contribution in [-0.4, -0.2) is 37.1 Å². The molecular formula is C13H27N3O3. The van der Waals surface area contributed by atoms with E-state index in [9.17, 15) is 9.59 Å². The zero-order valence-corrected chi connectivity index (χ0v) is 12.1. The molecule has 112 valence electrons. The summed E-state index contributed by atoms with van der Waals surface area (Å²) in [5, 5.41) is 2.66. The van der Waals surface area contributed by atoms with E-state index >= 15 is 0 Å². The van der Waals surface area contributed by atoms with E-state index in [1.165, 1.54) is 0 Å². The van der Waals surface area contributed by atoms with E-state index in [4.69, 9.17) is 16.2 Å². The molecule has 1 amide bonds. The second kappa shape index (κ2) is 9.75. The summed E-state index contributed by atoms with van der Waals surface area (Å²) in [4.78, 5) is 23.6. The van der Waals surface area contributed by atoms with E-state index in [2.05, 4.69) is 5.32 Å². The third-order valence-corrected chi connectivity index (χ3v) is 2.81. The van der Waals surface area contributed by atoms with Crippen molar-refractivity contribution in [2.75, 3.05) is 13.2 Å². The summed E-state index contributed by atoms with van der Waals surface area (Å²) >= 11 is 0. The Balaban J connectivity index is 4.34. The largest absolute Gasteiger partial charge is 0.464 e. The number of carbonyl (C=O) groups is 2. The van der Waals surface area contributed by atoms with E-state index < -0.39 is 18.1 Å². The second-order valence-electron chi connectivity index (χ2n) is 4.87. The van der Waals surface area contributed by atoms with Gasteiger partial charge in [0.05, 0.1) is 12.6 Å². The second-order valence-corrected chi connectivity index (χ2v) is 4.87. The lowest BCUT2D eigenvalue weighted by Gasteiger charge is -2.22. The molecule has 0 heterocycles. The zero-order valence-electron chi connectivity index (χ0n) is 12.1. The van der Waals surface area contributed by atoms with Crippen molar-refractivity contribution in [1.29, 1.82) is 0 Å². The van der Waals surface area contributed by atoms with Crippen molar-refractivity contribution in [1.82, 2.24) is 5.32 Å². The maximum Gasteiger partial charge on any atom is 0.328 e. The normalized spacial score (nSPS) is 14.0. The number of carbonyl (C=O) groups excluding carboxylic acids is 2. The van der Waals surface area contributed by atoms with Gasteiger partial charge in [-0.1, -0.05) is 20.3 Å². The Kier molecular flexibility index (Phi) is 9.16. The molecule has 0 aliphatic heterocycles. The van der Waals surface area contributed by atoms with Gasteiger partial charge >= 0.3 is 5.97 Å². The van der Waals surface area contributed by atoms with Gasteiger partial charge in [0.2, 0.25) is 5.91 Å². The summed E-state index contributed by atoms with van der Waals surface area (Å²) in [6, 6.07) is -1.25. The highest BCUT2D eigenvalue weighted by Gasteiger charge is 2.27. The first-order valence-corrected chi connectivity index (χ1v) is 6.86. The Hall–Kier alpha value is -1.14. The molecule has 0 saturated carbocycles. The summed E-state index contributed by atoms with van der Waals surface area (Å²) in [7, 11) is 0. The molecule has 0 bridgehead atoms. The Bertz CT molecular complexity index is 282. The number of hydrogen-bond donors (Lipinski definition) is 3. The van der Waals surface area contributed by atoms with Crippen molar-refractivity contribution < 1.29 is 14.3 Å². The van der Waals surface area contributed by atoms with Crippen LogP contribution >= 0.6 is 0 Å². The molecule has 0 saturated heterocycles. The van der Waals surface area contributed by atoms with Crippen LogP contribution in [0.5, 0.6) is 0 Å². The van der Waals surface area contributed by atoms with Crippen molar-refractivity contribution in [3.63, 3.8) is 0 Å². The minimum absolute atomic E-state index is 0.0424. The van der Waals surface area contributed by atoms with E-state index in [-0.39, 0.29) is 11.8 Å². The number of esters is 1. The molecule has 2 atom stereocenters. The van der Waals surface area contributed by atoms with Crippen molar-refractivity contribution in [2.45, 2.75) is 52.1 Å². The minimum Gasteiger partial charge on any atom is -0.464 e. The summed E-state index contributed by atoms with van der Waals surface area (Å²) in [6.07, 6.45) is 2.21. The highest BCUT2D eigenvalue weighted by Crippen LogP contribution is 2.06. The third kappa shape index (κ3) is 7.12. The number of ether oxygens (including phenoxy) is 1. The van der Waals surface area contributed by atoms with Crippen LogP contribution < -0.4 is 16.8 Å². The van der Waals surface area contributed by atoms with Crippen LogP contribution in [-0.2, 0) is 14.3 Å². The Morgan fingerprint density at radius 2 is 1.89 bits per heavy atom. The molecule has 6 nitrogen and oxygen atoms in total. The van der Waals surface area contributed by atoms with E-state index in [0.29, 0.717) is 19.6 Å². The van der Waals surface area contributed by atoms with Gasteiger partial charge in [0.15, 0.2) is 0 Å². The van der Waals surface area contributed by atoms with Gasteiger partial charge < -0.3 is 21.5 Å². The lowest BCUT2D eigenvalue weighted by molar-refractivity contribution is -0.148. The molecule has 0 fully saturated rings. The van der Waals surface area contributed by atoms with Crippen LogP contribution in [0, 0.1) is 5.92 Å². The summed E-state index contributed by atoms with van der Waals surface area (Å²) < 4.78 is 4.93. The lowest BCUT2D eigenvalue weighted by atomic mass is 10.0. The molecule has 0 aromatic rings. The maximum absolute atomic E-state index is 11.9. The molecule has 19 heavy (non-hydrogen) atoms. The Labute approximate surface area is 115 Å². The van der Waals surface area contributed by atoms with E-state index in [1.807, 2.05) is 13.8 Å². The molecule has 5 N–H and O–H groups in total. The first kappa shape index (κ1) is 17.9. The topological polar surface area (TPSA) is 107 Å². The standard InChI is InChI=1S/C13H27N3O3/c1-4-19-13(18)11(9(2)3)16-12(17)10(15)7-5-6-8-14/h9-11H,4-8,14-15H2,1-3H3,(H,16,17)/t10-,11-/m0/s1. The highest BCUT2D eigenvalue weighted by molar-refractivity contribution is 5.87. The monoisotopic (exact) mass is 273 g/mol. The Morgan fingerprint density at radius 3 is 2.37 bits per heavy atom. The number of unbranched alkanes of at least 4 members (excludes halogenated alkanes) is 1. The fourth-order valence-electron chi connectivity index (χ4n) is 1.63. The fraction of sp³-hybridized carbons (Fsp3) is 0.846. The van der Waals surface area contributed by atoms with Crippen LogP contribution in [0.15, 0.2) is 0 Å². The SMILES string of the molecule is CCOC(=O)[C@@H](NC(=O)[C@@H](N)CCCCN)C(C)C. The van der Waals surface area contributed by atoms with Gasteiger partial charge in [-0.2, -0.15) is 0 Å². The fourth-order valence-corrected chi connectivity index (χ4v) is 1.63. The highest BCUT2D eigenvalue weighted by atomic mass is 16.5. The molecule has 0 spiro atoms. The molecular weight excluding hydrogens is 246 g/mol. The van der Waals surface area contributed by atoms with Crippen LogP contribution in [0.25, 0.3) is 0 Å². The van der Waals surface area contributed by atoms with Gasteiger partial charge in [0, 0.05) is 0 Å². The number of nitrogens with one attached hydrogen (secondary N) is 1. The third-order valence-electron chi connectivity index (χ3n) is 2.81. The molecule has 0 aliphatic carbocycles. The van der Waals surface area contributed by atoms with Gasteiger partial charge in [-0.05, 0) is 32.2 Å². The predicted octanol–water partition coefficient (Wildman–Crippen LogP) is 0.147. The average molecular weight is 273 g/mol. The molecule has 6 heteroatoms. The quantitative estimate of drug-likeness (QED) is 0.409. The lowest BCUT2D eigenvalue weighted by Crippen LogP contribution is -2.51. The van der Waals surface area contributed by atoms with Crippen molar-refractivity contribution in [3.8, 4) is 0 Å². The first-order chi connectivity index (χ1) is 8.93. The maximum atomic E-state index is 11.9. The summed E-state index contributed by atoms with van der Waals surface area (Å²) in [5.74, 6) is -0.775. The van der Waals surface area contributed by atoms with Crippen LogP contribution in [0.2, 0.25) is 0 Å². The molecule has 0 unspecified atom stereocenters. The van der Waals surface area contributed by atoms with Crippen molar-refractivity contribution in [3.05, 3.63) is 0 Å². The number of amides is 1. The van der Waals surface area contributed by atoms with Crippen LogP contribution in [0.1, 0.15) is 40.0 Å². The predicted molar refractivity (Wildman–Crippen MR) is 74.3 cm³/mol. The van der Waals surface area contributed by atoms with Gasteiger partial charge in [0.1, 0.15) is 6.04 Å². The number of nitrogens with two attached hydrogens (primary N) is 2. The summed E-state index contributed by atoms with van der Waals surface area (Å²) in [6.45, 7) is 6.31. The molecule has 0 rings (SSSR count). The Morgan fingerprint density at radius 1 is 1.26 bits per heavy atom. The van der Waals surface area contributed by atoms with Crippen molar-refractivity contribution in [2.24, 2.45) is 17.4 Å². The molecule has 0 aromatic carbocycles. The smallest absolute Gasteiger partial charge is 0.328 e. The van der Waals surface area contributed by atoms with Gasteiger partial charge in [-0.25, -0.2) is 4.79 Å². The van der Waals surface area contributed by atoms with E-state index in [0.717, 1.165) is 12.8 Å². The van der Waals surface area contributed by atoms with Crippen molar-refractivity contribution >= 4 is 11.9 Å². The van der Waals surface area contributed by atoms with Gasteiger partial charge in [-0.3, -0.25) is 4.79 Å². The average Bonchev–Trinajstić information content (AvgIpc) is 2.35. The number of rotatable bonds is 9. The van der Waals surface area contributed by atoms with Gasteiger partial charge in [0.25, 0.3) is 0 Å².